The highest BCUT2D eigenvalue weighted by molar-refractivity contribution is 5.17. The summed E-state index contributed by atoms with van der Waals surface area (Å²) in [5.41, 5.74) is -1.15. The van der Waals surface area contributed by atoms with Gasteiger partial charge in [0.15, 0.2) is 0 Å². The molecule has 0 bridgehead atoms. The number of rotatable bonds is 0. The minimum Gasteiger partial charge on any atom is -0.379 e. The van der Waals surface area contributed by atoms with E-state index in [1.54, 1.807) is 6.92 Å². The van der Waals surface area contributed by atoms with Gasteiger partial charge in [-0.1, -0.05) is 20.8 Å². The predicted octanol–water partition coefficient (Wildman–Crippen LogP) is 3.65. The van der Waals surface area contributed by atoms with Crippen LogP contribution in [0.25, 0.3) is 0 Å². The first-order chi connectivity index (χ1) is 8.39. The van der Waals surface area contributed by atoms with Crippen LogP contribution in [0.5, 0.6) is 0 Å². The lowest BCUT2D eigenvalue weighted by molar-refractivity contribution is -0.00486. The highest BCUT2D eigenvalue weighted by atomic mass is 19.1. The average molecular weight is 271 g/mol. The molecule has 0 aromatic carbocycles. The lowest BCUT2D eigenvalue weighted by Gasteiger charge is -2.47. The fourth-order valence-corrected chi connectivity index (χ4v) is 3.37. The molecule has 1 aliphatic heterocycles. The van der Waals surface area contributed by atoms with Gasteiger partial charge < -0.3 is 4.74 Å². The second kappa shape index (κ2) is 4.17. The molecule has 1 saturated carbocycles. The van der Waals surface area contributed by atoms with Crippen LogP contribution in [0.1, 0.15) is 54.9 Å². The second-order valence-corrected chi connectivity index (χ2v) is 8.85. The van der Waals surface area contributed by atoms with Gasteiger partial charge in [-0.3, -0.25) is 4.90 Å². The van der Waals surface area contributed by atoms with E-state index in [0.29, 0.717) is 25.7 Å². The van der Waals surface area contributed by atoms with E-state index in [-0.39, 0.29) is 16.4 Å². The van der Waals surface area contributed by atoms with E-state index in [2.05, 4.69) is 46.4 Å². The minimum atomic E-state index is -1.05. The van der Waals surface area contributed by atoms with Crippen molar-refractivity contribution in [2.45, 2.75) is 72.1 Å². The molecule has 2 nitrogen and oxygen atoms in total. The number of ether oxygens (including phenoxy) is 1. The molecule has 1 heterocycles. The predicted molar refractivity (Wildman–Crippen MR) is 77.1 cm³/mol. The van der Waals surface area contributed by atoms with Gasteiger partial charge in [0.05, 0.1) is 13.2 Å². The van der Waals surface area contributed by atoms with Crippen molar-refractivity contribution < 1.29 is 9.13 Å². The zero-order chi connectivity index (χ0) is 14.7. The van der Waals surface area contributed by atoms with Crippen molar-refractivity contribution in [1.29, 1.82) is 0 Å². The summed E-state index contributed by atoms with van der Waals surface area (Å²) in [5.74, 6) is 0. The molecule has 19 heavy (non-hydrogen) atoms. The quantitative estimate of drug-likeness (QED) is 0.667. The summed E-state index contributed by atoms with van der Waals surface area (Å²) < 4.78 is 20.3. The Balaban J connectivity index is 2.29. The van der Waals surface area contributed by atoms with E-state index in [1.165, 1.54) is 0 Å². The SMILES string of the molecule is CC(C)(C)C1COCC2(CN1C(C)(C)C)CC2(C)F. The van der Waals surface area contributed by atoms with Crippen molar-refractivity contribution in [3.05, 3.63) is 0 Å². The van der Waals surface area contributed by atoms with Crippen molar-refractivity contribution in [3.63, 3.8) is 0 Å². The molecular weight excluding hydrogens is 241 g/mol. The highest BCUT2D eigenvalue weighted by Crippen LogP contribution is 2.61. The molecule has 0 aromatic rings. The number of hydrogen-bond donors (Lipinski definition) is 0. The normalized spacial score (nSPS) is 41.4. The monoisotopic (exact) mass is 271 g/mol. The molecule has 1 saturated heterocycles. The standard InChI is InChI=1S/C16H30FNO/c1-13(2,3)12-8-19-11-16(9-15(16,7)17)10-18(12)14(4,5)6/h12H,8-11H2,1-7H3. The Labute approximate surface area is 117 Å². The Hall–Kier alpha value is -0.150. The Morgan fingerprint density at radius 1 is 1.16 bits per heavy atom. The Morgan fingerprint density at radius 2 is 1.68 bits per heavy atom. The molecule has 0 amide bonds. The summed E-state index contributed by atoms with van der Waals surface area (Å²) in [6.45, 7) is 17.2. The minimum absolute atomic E-state index is 0.0390. The largest absolute Gasteiger partial charge is 0.379 e. The van der Waals surface area contributed by atoms with Crippen LogP contribution in [-0.4, -0.2) is 41.9 Å². The topological polar surface area (TPSA) is 12.5 Å². The van der Waals surface area contributed by atoms with Crippen molar-refractivity contribution >= 4 is 0 Å². The summed E-state index contributed by atoms with van der Waals surface area (Å²) in [7, 11) is 0. The molecule has 0 aromatic heterocycles. The van der Waals surface area contributed by atoms with Crippen molar-refractivity contribution in [3.8, 4) is 0 Å². The van der Waals surface area contributed by atoms with Crippen LogP contribution in [0.15, 0.2) is 0 Å². The molecule has 0 N–H and O–H groups in total. The molecule has 3 atom stereocenters. The molecular formula is C16H30FNO. The van der Waals surface area contributed by atoms with Crippen molar-refractivity contribution in [2.24, 2.45) is 10.8 Å². The summed E-state index contributed by atoms with van der Waals surface area (Å²) in [4.78, 5) is 2.48. The van der Waals surface area contributed by atoms with E-state index < -0.39 is 5.67 Å². The first-order valence-corrected chi connectivity index (χ1v) is 7.43. The molecule has 2 fully saturated rings. The van der Waals surface area contributed by atoms with Crippen molar-refractivity contribution in [1.82, 2.24) is 4.90 Å². The van der Waals surface area contributed by atoms with E-state index in [4.69, 9.17) is 4.74 Å². The van der Waals surface area contributed by atoms with Gasteiger partial charge in [0, 0.05) is 23.5 Å². The van der Waals surface area contributed by atoms with Gasteiger partial charge in [-0.25, -0.2) is 4.39 Å². The second-order valence-electron chi connectivity index (χ2n) is 8.85. The van der Waals surface area contributed by atoms with Gasteiger partial charge in [-0.15, -0.1) is 0 Å². The lowest BCUT2D eigenvalue weighted by atomic mass is 9.83. The first-order valence-electron chi connectivity index (χ1n) is 7.43. The van der Waals surface area contributed by atoms with Crippen molar-refractivity contribution in [2.75, 3.05) is 19.8 Å². The van der Waals surface area contributed by atoms with Gasteiger partial charge in [0.1, 0.15) is 5.67 Å². The summed E-state index contributed by atoms with van der Waals surface area (Å²) in [5, 5.41) is 0. The third kappa shape index (κ3) is 2.69. The fraction of sp³-hybridized carbons (Fsp3) is 1.00. The molecule has 3 heteroatoms. The molecule has 3 unspecified atom stereocenters. The molecule has 2 aliphatic rings. The van der Waals surface area contributed by atoms with Crippen LogP contribution in [0, 0.1) is 10.8 Å². The van der Waals surface area contributed by atoms with E-state index >= 15 is 0 Å². The van der Waals surface area contributed by atoms with E-state index in [0.717, 1.165) is 6.54 Å². The molecule has 0 radical (unpaired) electrons. The third-order valence-electron chi connectivity index (χ3n) is 5.02. The summed E-state index contributed by atoms with van der Waals surface area (Å²) in [6.07, 6.45) is 0.642. The molecule has 1 aliphatic carbocycles. The van der Waals surface area contributed by atoms with Gasteiger partial charge in [0.2, 0.25) is 0 Å². The zero-order valence-electron chi connectivity index (χ0n) is 13.6. The van der Waals surface area contributed by atoms with Gasteiger partial charge in [0.25, 0.3) is 0 Å². The number of alkyl halides is 1. The molecule has 1 spiro atoms. The van der Waals surface area contributed by atoms with Gasteiger partial charge >= 0.3 is 0 Å². The maximum Gasteiger partial charge on any atom is 0.118 e. The fourth-order valence-electron chi connectivity index (χ4n) is 3.37. The van der Waals surface area contributed by atoms with Crippen LogP contribution < -0.4 is 0 Å². The van der Waals surface area contributed by atoms with Gasteiger partial charge in [-0.05, 0) is 39.5 Å². The Kier molecular flexibility index (Phi) is 3.35. The maximum absolute atomic E-state index is 14.4. The van der Waals surface area contributed by atoms with Crippen LogP contribution in [0.2, 0.25) is 0 Å². The smallest absolute Gasteiger partial charge is 0.118 e. The van der Waals surface area contributed by atoms with Crippen LogP contribution in [0.3, 0.4) is 0 Å². The number of nitrogens with zero attached hydrogens (tertiary/aromatic N) is 1. The van der Waals surface area contributed by atoms with Gasteiger partial charge in [-0.2, -0.15) is 0 Å². The first kappa shape index (κ1) is 15.2. The van der Waals surface area contributed by atoms with Crippen LogP contribution in [-0.2, 0) is 4.74 Å². The molecule has 112 valence electrons. The average Bonchev–Trinajstić information content (AvgIpc) is 2.77. The third-order valence-corrected chi connectivity index (χ3v) is 5.02. The summed E-state index contributed by atoms with van der Waals surface area (Å²) in [6, 6.07) is 0.336. The highest BCUT2D eigenvalue weighted by Gasteiger charge is 2.68. The summed E-state index contributed by atoms with van der Waals surface area (Å²) >= 11 is 0. The maximum atomic E-state index is 14.4. The Morgan fingerprint density at radius 3 is 2.05 bits per heavy atom. The van der Waals surface area contributed by atoms with Crippen LogP contribution in [0.4, 0.5) is 4.39 Å². The van der Waals surface area contributed by atoms with E-state index in [1.807, 2.05) is 0 Å². The molecule has 2 rings (SSSR count). The van der Waals surface area contributed by atoms with E-state index in [9.17, 15) is 4.39 Å². The Bertz CT molecular complexity index is 353. The number of hydrogen-bond acceptors (Lipinski definition) is 2. The lowest BCUT2D eigenvalue weighted by Crippen LogP contribution is -2.56. The van der Waals surface area contributed by atoms with Crippen LogP contribution >= 0.6 is 0 Å². The number of halogens is 1. The zero-order valence-corrected chi connectivity index (χ0v) is 13.6.